The van der Waals surface area contributed by atoms with Gasteiger partial charge in [0, 0.05) is 55.9 Å². The van der Waals surface area contributed by atoms with E-state index in [0.29, 0.717) is 5.88 Å². The molecule has 4 heterocycles. The van der Waals surface area contributed by atoms with E-state index in [0.717, 1.165) is 60.1 Å². The summed E-state index contributed by atoms with van der Waals surface area (Å²) in [5.41, 5.74) is 2.87. The normalized spacial score (nSPS) is 18.0. The van der Waals surface area contributed by atoms with Crippen molar-refractivity contribution in [1.82, 2.24) is 25.1 Å². The first-order chi connectivity index (χ1) is 14.2. The first-order valence-corrected chi connectivity index (χ1v) is 10.6. The van der Waals surface area contributed by atoms with Crippen LogP contribution in [0.25, 0.3) is 22.2 Å². The maximum absolute atomic E-state index is 5.77. The summed E-state index contributed by atoms with van der Waals surface area (Å²) in [4.78, 5) is 14.0. The summed E-state index contributed by atoms with van der Waals surface area (Å²) < 4.78 is 5.77. The Kier molecular flexibility index (Phi) is 4.83. The molecule has 0 radical (unpaired) electrons. The predicted octanol–water partition coefficient (Wildman–Crippen LogP) is 3.34. The highest BCUT2D eigenvalue weighted by molar-refractivity contribution is 5.93. The molecule has 0 atom stereocenters. The largest absolute Gasteiger partial charge is 0.475 e. The first kappa shape index (κ1) is 18.4. The van der Waals surface area contributed by atoms with Crippen molar-refractivity contribution in [2.45, 2.75) is 32.8 Å². The fourth-order valence-corrected chi connectivity index (χ4v) is 3.99. The molecule has 0 unspecified atom stereocenters. The van der Waals surface area contributed by atoms with Crippen LogP contribution < -0.4 is 9.64 Å². The van der Waals surface area contributed by atoms with Gasteiger partial charge in [0.05, 0.1) is 17.8 Å². The number of fused-ring (bicyclic) bond motifs is 1. The molecule has 1 saturated carbocycles. The van der Waals surface area contributed by atoms with Crippen LogP contribution in [-0.4, -0.2) is 63.9 Å². The number of ether oxygens (including phenoxy) is 1. The molecule has 0 spiro atoms. The molecule has 2 aliphatic rings. The zero-order valence-corrected chi connectivity index (χ0v) is 17.1. The van der Waals surface area contributed by atoms with Gasteiger partial charge in [0.1, 0.15) is 11.5 Å². The first-order valence-electron chi connectivity index (χ1n) is 10.6. The summed E-state index contributed by atoms with van der Waals surface area (Å²) in [5.74, 6) is 2.60. The second-order valence-corrected chi connectivity index (χ2v) is 8.44. The number of hydrogen-bond donors (Lipinski definition) is 1. The lowest BCUT2D eigenvalue weighted by molar-refractivity contribution is 0.233. The molecule has 3 aromatic heterocycles. The van der Waals surface area contributed by atoms with Crippen molar-refractivity contribution in [2.75, 3.05) is 37.6 Å². The van der Waals surface area contributed by atoms with Gasteiger partial charge in [-0.25, -0.2) is 9.97 Å². The molecule has 5 rings (SSSR count). The van der Waals surface area contributed by atoms with Crippen LogP contribution in [0.15, 0.2) is 30.6 Å². The molecule has 0 aromatic carbocycles. The van der Waals surface area contributed by atoms with Crippen LogP contribution in [0.2, 0.25) is 0 Å². The van der Waals surface area contributed by atoms with Gasteiger partial charge in [-0.05, 0) is 44.7 Å². The fraction of sp³-hybridized carbons (Fsp3) is 0.500. The maximum Gasteiger partial charge on any atom is 0.214 e. The third-order valence-electron chi connectivity index (χ3n) is 5.71. The lowest BCUT2D eigenvalue weighted by atomic mass is 10.1. The van der Waals surface area contributed by atoms with Crippen LogP contribution in [0.3, 0.4) is 0 Å². The van der Waals surface area contributed by atoms with Crippen molar-refractivity contribution in [2.24, 2.45) is 5.92 Å². The number of piperazine rings is 1. The molecule has 1 saturated heterocycles. The highest BCUT2D eigenvalue weighted by Crippen LogP contribution is 2.31. The van der Waals surface area contributed by atoms with Crippen LogP contribution in [0.5, 0.6) is 5.88 Å². The summed E-state index contributed by atoms with van der Waals surface area (Å²) in [6, 6.07) is 6.13. The van der Waals surface area contributed by atoms with Gasteiger partial charge in [0.15, 0.2) is 0 Å². The van der Waals surface area contributed by atoms with Crippen LogP contribution in [0.4, 0.5) is 5.82 Å². The number of nitrogens with one attached hydrogen (secondary N) is 1. The molecule has 1 aliphatic heterocycles. The Balaban J connectivity index is 1.37. The van der Waals surface area contributed by atoms with E-state index >= 15 is 0 Å². The Morgan fingerprint density at radius 2 is 1.97 bits per heavy atom. The molecule has 7 nitrogen and oxygen atoms in total. The van der Waals surface area contributed by atoms with E-state index in [4.69, 9.17) is 4.74 Å². The third kappa shape index (κ3) is 4.05. The molecular weight excluding hydrogens is 364 g/mol. The Bertz CT molecular complexity index is 988. The number of aromatic amines is 1. The average Bonchev–Trinajstić information content (AvgIpc) is 3.44. The Morgan fingerprint density at radius 1 is 1.14 bits per heavy atom. The summed E-state index contributed by atoms with van der Waals surface area (Å²) in [6.07, 6.45) is 6.59. The molecule has 1 aliphatic carbocycles. The quantitative estimate of drug-likeness (QED) is 0.694. The number of rotatable bonds is 6. The lowest BCUT2D eigenvalue weighted by Gasteiger charge is -2.35. The van der Waals surface area contributed by atoms with E-state index < -0.39 is 0 Å². The van der Waals surface area contributed by atoms with Crippen LogP contribution >= 0.6 is 0 Å². The van der Waals surface area contributed by atoms with Gasteiger partial charge in [-0.3, -0.25) is 10.00 Å². The van der Waals surface area contributed by atoms with Crippen molar-refractivity contribution in [3.8, 4) is 17.1 Å². The van der Waals surface area contributed by atoms with E-state index in [9.17, 15) is 0 Å². The molecule has 29 heavy (non-hydrogen) atoms. The minimum absolute atomic E-state index is 0.0846. The Labute approximate surface area is 171 Å². The smallest absolute Gasteiger partial charge is 0.214 e. The van der Waals surface area contributed by atoms with E-state index in [2.05, 4.69) is 36.0 Å². The number of aromatic nitrogens is 4. The zero-order valence-electron chi connectivity index (χ0n) is 17.1. The molecule has 0 amide bonds. The monoisotopic (exact) mass is 392 g/mol. The van der Waals surface area contributed by atoms with E-state index in [1.807, 2.05) is 32.2 Å². The average molecular weight is 393 g/mol. The van der Waals surface area contributed by atoms with Crippen molar-refractivity contribution in [3.63, 3.8) is 0 Å². The van der Waals surface area contributed by atoms with E-state index in [-0.39, 0.29) is 6.10 Å². The van der Waals surface area contributed by atoms with Crippen molar-refractivity contribution >= 4 is 16.7 Å². The van der Waals surface area contributed by atoms with Gasteiger partial charge < -0.3 is 9.64 Å². The topological polar surface area (TPSA) is 70.2 Å². The fourth-order valence-electron chi connectivity index (χ4n) is 3.99. The van der Waals surface area contributed by atoms with Crippen LogP contribution in [0, 0.1) is 5.92 Å². The van der Waals surface area contributed by atoms with Gasteiger partial charge in [-0.1, -0.05) is 0 Å². The highest BCUT2D eigenvalue weighted by atomic mass is 16.5. The van der Waals surface area contributed by atoms with E-state index in [1.54, 1.807) is 6.20 Å². The summed E-state index contributed by atoms with van der Waals surface area (Å²) in [6.45, 7) is 9.57. The van der Waals surface area contributed by atoms with Crippen molar-refractivity contribution in [3.05, 3.63) is 30.6 Å². The number of pyridine rings is 2. The molecule has 7 heteroatoms. The van der Waals surface area contributed by atoms with Gasteiger partial charge in [-0.15, -0.1) is 0 Å². The van der Waals surface area contributed by atoms with Gasteiger partial charge in [0.25, 0.3) is 0 Å². The molecular formula is C22H28N6O. The summed E-state index contributed by atoms with van der Waals surface area (Å²) in [5, 5.41) is 8.65. The molecule has 1 N–H and O–H groups in total. The van der Waals surface area contributed by atoms with Crippen molar-refractivity contribution < 1.29 is 4.74 Å². The summed E-state index contributed by atoms with van der Waals surface area (Å²) in [7, 11) is 0. The minimum Gasteiger partial charge on any atom is -0.475 e. The molecule has 2 fully saturated rings. The molecule has 0 bridgehead atoms. The summed E-state index contributed by atoms with van der Waals surface area (Å²) >= 11 is 0. The van der Waals surface area contributed by atoms with Gasteiger partial charge in [-0.2, -0.15) is 5.10 Å². The van der Waals surface area contributed by atoms with Crippen molar-refractivity contribution in [1.29, 1.82) is 0 Å². The second kappa shape index (κ2) is 7.63. The Morgan fingerprint density at radius 3 is 2.72 bits per heavy atom. The predicted molar refractivity (Wildman–Crippen MR) is 114 cm³/mol. The number of H-pyrrole nitrogens is 1. The minimum atomic E-state index is 0.0846. The Hall–Kier alpha value is -2.67. The van der Waals surface area contributed by atoms with Crippen LogP contribution in [0.1, 0.15) is 26.7 Å². The lowest BCUT2D eigenvalue weighted by Crippen LogP contribution is -2.47. The van der Waals surface area contributed by atoms with Gasteiger partial charge >= 0.3 is 0 Å². The highest BCUT2D eigenvalue weighted by Gasteiger charge is 2.26. The zero-order chi connectivity index (χ0) is 19.8. The molecule has 3 aromatic rings. The standard InChI is InChI=1S/C22H28N6O/c1-15(2)29-21-12-18-19(13-24-21)25-26-22(18)17-5-6-23-20(11-17)28-9-7-27(8-10-28)14-16-3-4-16/h5-6,11-13,15-16H,3-4,7-10,14H2,1-2H3,(H,25,26). The number of hydrogen-bond acceptors (Lipinski definition) is 6. The van der Waals surface area contributed by atoms with Crippen LogP contribution in [-0.2, 0) is 0 Å². The van der Waals surface area contributed by atoms with E-state index in [1.165, 1.54) is 19.4 Å². The molecule has 152 valence electrons. The second-order valence-electron chi connectivity index (χ2n) is 8.44. The maximum atomic E-state index is 5.77. The third-order valence-corrected chi connectivity index (χ3v) is 5.71. The number of anilines is 1. The van der Waals surface area contributed by atoms with Gasteiger partial charge in [0.2, 0.25) is 5.88 Å². The SMILES string of the molecule is CC(C)Oc1cc2c(-c3ccnc(N4CCN(CC5CC5)CC4)c3)n[nH]c2cn1. The number of nitrogens with zero attached hydrogens (tertiary/aromatic N) is 5.